The molecule has 4 rings (SSSR count). The number of benzene rings is 2. The summed E-state index contributed by atoms with van der Waals surface area (Å²) in [6.45, 7) is 1.19. The molecule has 2 aromatic heterocycles. The van der Waals surface area contributed by atoms with Gasteiger partial charge < -0.3 is 5.11 Å². The Labute approximate surface area is 189 Å². The predicted molar refractivity (Wildman–Crippen MR) is 111 cm³/mol. The second kappa shape index (κ2) is 8.46. The minimum Gasteiger partial charge on any atom is -0.375 e. The van der Waals surface area contributed by atoms with Crippen LogP contribution in [-0.2, 0) is 12.1 Å². The van der Waals surface area contributed by atoms with Gasteiger partial charge in [-0.15, -0.1) is 5.10 Å². The normalized spacial score (nSPS) is 13.6. The van der Waals surface area contributed by atoms with Gasteiger partial charge in [0.05, 0.1) is 18.3 Å². The van der Waals surface area contributed by atoms with Crippen molar-refractivity contribution in [2.75, 3.05) is 0 Å². The molecule has 0 fully saturated rings. The van der Waals surface area contributed by atoms with Crippen LogP contribution in [0.15, 0.2) is 48.7 Å². The first-order valence-electron chi connectivity index (χ1n) is 10.0. The van der Waals surface area contributed by atoms with Gasteiger partial charge in [-0.3, -0.25) is 0 Å². The number of aromatic nitrogens is 4. The third-order valence-corrected chi connectivity index (χ3v) is 5.45. The van der Waals surface area contributed by atoms with Gasteiger partial charge in [-0.1, -0.05) is 24.3 Å². The minimum atomic E-state index is -4.92. The lowest BCUT2D eigenvalue weighted by molar-refractivity contribution is -0.269. The van der Waals surface area contributed by atoms with Crippen molar-refractivity contribution in [2.45, 2.75) is 31.7 Å². The van der Waals surface area contributed by atoms with E-state index < -0.39 is 35.5 Å². The van der Waals surface area contributed by atoms with E-state index in [-0.39, 0.29) is 17.8 Å². The van der Waals surface area contributed by atoms with Gasteiger partial charge in [0, 0.05) is 11.5 Å². The van der Waals surface area contributed by atoms with Crippen LogP contribution in [-0.4, -0.2) is 31.3 Å². The van der Waals surface area contributed by atoms with Crippen molar-refractivity contribution in [2.24, 2.45) is 0 Å². The lowest BCUT2D eigenvalue weighted by Crippen LogP contribution is -2.42. The zero-order chi connectivity index (χ0) is 24.7. The zero-order valence-corrected chi connectivity index (χ0v) is 17.6. The summed E-state index contributed by atoms with van der Waals surface area (Å²) in [5, 5.41) is 27.1. The molecule has 2 aromatic carbocycles. The summed E-state index contributed by atoms with van der Waals surface area (Å²) in [6.07, 6.45) is -4.54. The summed E-state index contributed by atoms with van der Waals surface area (Å²) in [4.78, 5) is 4.23. The molecule has 0 aliphatic rings. The van der Waals surface area contributed by atoms with E-state index >= 15 is 0 Å². The predicted octanol–water partition coefficient (Wildman–Crippen LogP) is 4.85. The molecule has 0 radical (unpaired) electrons. The zero-order valence-electron chi connectivity index (χ0n) is 17.6. The first-order valence-corrected chi connectivity index (χ1v) is 10.0. The molecule has 11 heteroatoms. The van der Waals surface area contributed by atoms with E-state index in [0.717, 1.165) is 29.1 Å². The van der Waals surface area contributed by atoms with Crippen LogP contribution in [0.3, 0.4) is 0 Å². The Bertz CT molecular complexity index is 1410. The lowest BCUT2D eigenvalue weighted by Gasteiger charge is -2.26. The first kappa shape index (κ1) is 23.3. The number of alkyl halides is 3. The highest BCUT2D eigenvalue weighted by atomic mass is 19.4. The SMILES string of the molecule is CC[C@](O)(c1cn(Cc2ccc3c(-c4cc(F)cc(F)c4)cc(C#N)nc3c2)nn1)C(F)(F)F. The van der Waals surface area contributed by atoms with Crippen molar-refractivity contribution in [3.8, 4) is 17.2 Å². The molecule has 0 aliphatic carbocycles. The van der Waals surface area contributed by atoms with Crippen LogP contribution in [0, 0.1) is 23.0 Å². The molecule has 6 nitrogen and oxygen atoms in total. The number of halogens is 5. The van der Waals surface area contributed by atoms with Gasteiger partial charge in [-0.2, -0.15) is 18.4 Å². The number of hydrogen-bond donors (Lipinski definition) is 1. The quantitative estimate of drug-likeness (QED) is 0.419. The highest BCUT2D eigenvalue weighted by molar-refractivity contribution is 5.95. The summed E-state index contributed by atoms with van der Waals surface area (Å²) in [5.41, 5.74) is -2.19. The standard InChI is InChI=1S/C23H16F5N5O/c1-2-22(34,23(26,27)28)21-12-33(32-31-21)11-13-3-4-18-19(9-17(10-29)30-20(18)5-13)14-6-15(24)8-16(25)7-14/h3-9,12,34H,2,11H2,1H3/t22-/m0/s1. The maximum atomic E-state index is 13.8. The van der Waals surface area contributed by atoms with Crippen LogP contribution in [0.1, 0.15) is 30.3 Å². The number of nitrogens with zero attached hydrogens (tertiary/aromatic N) is 5. The molecular formula is C23H16F5N5O. The molecular weight excluding hydrogens is 457 g/mol. The van der Waals surface area contributed by atoms with E-state index in [2.05, 4.69) is 15.3 Å². The number of rotatable bonds is 5. The van der Waals surface area contributed by atoms with Crippen molar-refractivity contribution in [3.63, 3.8) is 0 Å². The maximum Gasteiger partial charge on any atom is 0.423 e. The first-order chi connectivity index (χ1) is 16.0. The Kier molecular flexibility index (Phi) is 5.79. The summed E-state index contributed by atoms with van der Waals surface area (Å²) in [7, 11) is 0. The molecule has 0 aliphatic heterocycles. The van der Waals surface area contributed by atoms with E-state index in [4.69, 9.17) is 0 Å². The molecule has 0 amide bonds. The summed E-state index contributed by atoms with van der Waals surface area (Å²) >= 11 is 0. The van der Waals surface area contributed by atoms with Crippen molar-refractivity contribution in [1.82, 2.24) is 20.0 Å². The van der Waals surface area contributed by atoms with E-state index in [1.807, 2.05) is 6.07 Å². The Morgan fingerprint density at radius 1 is 1.06 bits per heavy atom. The van der Waals surface area contributed by atoms with Gasteiger partial charge in [0.1, 0.15) is 29.1 Å². The van der Waals surface area contributed by atoms with Crippen LogP contribution in [0.25, 0.3) is 22.0 Å². The van der Waals surface area contributed by atoms with Crippen LogP contribution in [0.5, 0.6) is 0 Å². The van der Waals surface area contributed by atoms with Crippen molar-refractivity contribution in [3.05, 3.63) is 77.2 Å². The van der Waals surface area contributed by atoms with Gasteiger partial charge in [0.2, 0.25) is 5.60 Å². The Morgan fingerprint density at radius 2 is 1.76 bits per heavy atom. The van der Waals surface area contributed by atoms with E-state index in [9.17, 15) is 32.3 Å². The number of pyridine rings is 1. The van der Waals surface area contributed by atoms with Gasteiger partial charge in [-0.05, 0) is 47.4 Å². The van der Waals surface area contributed by atoms with Gasteiger partial charge in [-0.25, -0.2) is 18.4 Å². The second-order valence-corrected chi connectivity index (χ2v) is 7.69. The smallest absolute Gasteiger partial charge is 0.375 e. The highest BCUT2D eigenvalue weighted by Gasteiger charge is 2.55. The van der Waals surface area contributed by atoms with E-state index in [1.165, 1.54) is 13.0 Å². The largest absolute Gasteiger partial charge is 0.423 e. The molecule has 0 bridgehead atoms. The molecule has 0 saturated heterocycles. The topological polar surface area (TPSA) is 87.6 Å². The molecule has 1 atom stereocenters. The Balaban J connectivity index is 1.73. The second-order valence-electron chi connectivity index (χ2n) is 7.69. The van der Waals surface area contributed by atoms with Gasteiger partial charge in [0.25, 0.3) is 0 Å². The Hall–Kier alpha value is -3.91. The molecule has 0 spiro atoms. The molecule has 1 N–H and O–H groups in total. The number of aliphatic hydroxyl groups is 1. The fourth-order valence-corrected chi connectivity index (χ4v) is 3.66. The number of nitriles is 1. The van der Waals surface area contributed by atoms with Gasteiger partial charge >= 0.3 is 6.18 Å². The number of fused-ring (bicyclic) bond motifs is 1. The van der Waals surface area contributed by atoms with E-state index in [1.54, 1.807) is 18.2 Å². The van der Waals surface area contributed by atoms with E-state index in [0.29, 0.717) is 22.0 Å². The summed E-state index contributed by atoms with van der Waals surface area (Å²) < 4.78 is 68.5. The minimum absolute atomic E-state index is 0.00296. The monoisotopic (exact) mass is 473 g/mol. The molecule has 2 heterocycles. The van der Waals surface area contributed by atoms with Crippen LogP contribution in [0.4, 0.5) is 22.0 Å². The van der Waals surface area contributed by atoms with Crippen molar-refractivity contribution in [1.29, 1.82) is 5.26 Å². The van der Waals surface area contributed by atoms with Crippen LogP contribution < -0.4 is 0 Å². The molecule has 174 valence electrons. The third-order valence-electron chi connectivity index (χ3n) is 5.45. The molecule has 4 aromatic rings. The fraction of sp³-hybridized carbons (Fsp3) is 0.217. The van der Waals surface area contributed by atoms with Crippen LogP contribution >= 0.6 is 0 Å². The van der Waals surface area contributed by atoms with Crippen molar-refractivity contribution >= 4 is 10.9 Å². The summed E-state index contributed by atoms with van der Waals surface area (Å²) in [5.74, 6) is -1.55. The molecule has 0 unspecified atom stereocenters. The average Bonchev–Trinajstić information content (AvgIpc) is 3.24. The maximum absolute atomic E-state index is 13.8. The summed E-state index contributed by atoms with van der Waals surface area (Å²) in [6, 6.07) is 11.2. The van der Waals surface area contributed by atoms with Gasteiger partial charge in [0.15, 0.2) is 0 Å². The lowest BCUT2D eigenvalue weighted by atomic mass is 9.96. The third kappa shape index (κ3) is 4.20. The average molecular weight is 473 g/mol. The Morgan fingerprint density at radius 3 is 2.38 bits per heavy atom. The molecule has 0 saturated carbocycles. The molecule has 34 heavy (non-hydrogen) atoms. The highest BCUT2D eigenvalue weighted by Crippen LogP contribution is 2.40. The van der Waals surface area contributed by atoms with Crippen molar-refractivity contribution < 1.29 is 27.1 Å². The van der Waals surface area contributed by atoms with Crippen LogP contribution in [0.2, 0.25) is 0 Å². The fourth-order valence-electron chi connectivity index (χ4n) is 3.66. The number of hydrogen-bond acceptors (Lipinski definition) is 5.